The van der Waals surface area contributed by atoms with Gasteiger partial charge >= 0.3 is 0 Å². The van der Waals surface area contributed by atoms with E-state index < -0.39 is 0 Å². The minimum Gasteiger partial charge on any atom is -0.497 e. The fourth-order valence-electron chi connectivity index (χ4n) is 4.91. The Labute approximate surface area is 203 Å². The van der Waals surface area contributed by atoms with Gasteiger partial charge in [-0.15, -0.1) is 5.10 Å². The van der Waals surface area contributed by atoms with Crippen LogP contribution in [0.5, 0.6) is 11.5 Å². The van der Waals surface area contributed by atoms with E-state index in [1.54, 1.807) is 18.9 Å². The Hall–Kier alpha value is -3.72. The van der Waals surface area contributed by atoms with Gasteiger partial charge in [0, 0.05) is 18.2 Å². The van der Waals surface area contributed by atoms with Crippen molar-refractivity contribution in [3.05, 3.63) is 75.8 Å². The maximum Gasteiger partial charge on any atom is 0.253 e. The van der Waals surface area contributed by atoms with Crippen LogP contribution in [0, 0.1) is 5.92 Å². The van der Waals surface area contributed by atoms with E-state index in [9.17, 15) is 4.79 Å². The van der Waals surface area contributed by atoms with Crippen molar-refractivity contribution in [3.8, 4) is 11.5 Å². The summed E-state index contributed by atoms with van der Waals surface area (Å²) in [5, 5.41) is 13.7. The number of nitrogens with one attached hydrogen (secondary N) is 1. The molecule has 0 spiro atoms. The predicted molar refractivity (Wildman–Crippen MR) is 133 cm³/mol. The lowest BCUT2D eigenvalue weighted by molar-refractivity contribution is 0.141. The Kier molecular flexibility index (Phi) is 6.50. The number of benzene rings is 2. The molecule has 3 heterocycles. The lowest BCUT2D eigenvalue weighted by atomic mass is 9.95. The summed E-state index contributed by atoms with van der Waals surface area (Å²) in [5.74, 6) is 2.69. The van der Waals surface area contributed by atoms with Crippen molar-refractivity contribution < 1.29 is 9.47 Å². The van der Waals surface area contributed by atoms with Gasteiger partial charge < -0.3 is 14.5 Å². The van der Waals surface area contributed by atoms with Gasteiger partial charge in [-0.1, -0.05) is 19.1 Å². The van der Waals surface area contributed by atoms with Gasteiger partial charge in [0.25, 0.3) is 5.56 Å². The molecule has 5 rings (SSSR count). The number of nitrogens with zero attached hydrogens (tertiary/aromatic N) is 5. The Morgan fingerprint density at radius 2 is 1.86 bits per heavy atom. The van der Waals surface area contributed by atoms with Crippen molar-refractivity contribution in [2.75, 3.05) is 27.3 Å². The molecule has 2 aromatic heterocycles. The fourth-order valence-corrected chi connectivity index (χ4v) is 4.91. The predicted octanol–water partition coefficient (Wildman–Crippen LogP) is 3.40. The summed E-state index contributed by atoms with van der Waals surface area (Å²) in [5.41, 5.74) is 2.28. The van der Waals surface area contributed by atoms with Crippen molar-refractivity contribution in [1.29, 1.82) is 0 Å². The van der Waals surface area contributed by atoms with E-state index in [4.69, 9.17) is 9.47 Å². The molecule has 0 amide bonds. The molecule has 9 nitrogen and oxygen atoms in total. The molecule has 1 saturated heterocycles. The number of aromatic nitrogens is 5. The monoisotopic (exact) mass is 474 g/mol. The Morgan fingerprint density at radius 1 is 1.09 bits per heavy atom. The maximum absolute atomic E-state index is 13.4. The maximum atomic E-state index is 13.4. The molecule has 9 heteroatoms. The van der Waals surface area contributed by atoms with E-state index in [1.165, 1.54) is 6.42 Å². The Bertz CT molecular complexity index is 1360. The number of hydrogen-bond acceptors (Lipinski definition) is 7. The number of piperidine rings is 1. The molecule has 0 saturated carbocycles. The number of H-pyrrole nitrogens is 1. The fraction of sp³-hybridized carbons (Fsp3) is 0.385. The van der Waals surface area contributed by atoms with Crippen molar-refractivity contribution in [2.45, 2.75) is 32.4 Å². The van der Waals surface area contributed by atoms with Crippen LogP contribution >= 0.6 is 0 Å². The number of pyridine rings is 1. The number of ether oxygens (including phenoxy) is 2. The van der Waals surface area contributed by atoms with Crippen LogP contribution in [0.3, 0.4) is 0 Å². The highest BCUT2D eigenvalue weighted by molar-refractivity contribution is 5.80. The van der Waals surface area contributed by atoms with E-state index in [1.807, 2.05) is 48.5 Å². The van der Waals surface area contributed by atoms with Gasteiger partial charge in [-0.25, -0.2) is 4.68 Å². The zero-order valence-corrected chi connectivity index (χ0v) is 20.3. The number of methoxy groups -OCH3 is 2. The number of fused-ring (bicyclic) bond motifs is 1. The number of aromatic amines is 1. The average molecular weight is 475 g/mol. The second-order valence-electron chi connectivity index (χ2n) is 9.19. The molecular weight excluding hydrogens is 444 g/mol. The van der Waals surface area contributed by atoms with E-state index in [0.29, 0.717) is 29.6 Å². The lowest BCUT2D eigenvalue weighted by Gasteiger charge is -2.36. The highest BCUT2D eigenvalue weighted by Crippen LogP contribution is 2.31. The first-order chi connectivity index (χ1) is 17.1. The molecule has 0 bridgehead atoms. The number of tetrazole rings is 1. The number of hydrogen-bond donors (Lipinski definition) is 1. The van der Waals surface area contributed by atoms with Gasteiger partial charge in [0.05, 0.1) is 26.3 Å². The SMILES string of the molecule is COc1ccc(Cn2nnnc2[C@H](c2cc3ccc(OC)cc3[nH]c2=O)N2CCC[C@@H](C)C2)cc1. The van der Waals surface area contributed by atoms with Gasteiger partial charge in [0.2, 0.25) is 0 Å². The molecule has 0 aliphatic carbocycles. The average Bonchev–Trinajstić information content (AvgIpc) is 3.32. The van der Waals surface area contributed by atoms with Gasteiger partial charge in [-0.05, 0) is 77.0 Å². The molecule has 1 aliphatic heterocycles. The first kappa shape index (κ1) is 23.0. The topological polar surface area (TPSA) is 98.2 Å². The second kappa shape index (κ2) is 9.87. The standard InChI is InChI=1S/C26H30N6O3/c1-17-5-4-12-31(15-17)24(22-13-19-8-11-21(35-3)14-23(19)27-26(22)33)25-28-29-30-32(25)16-18-6-9-20(34-2)10-7-18/h6-11,13-14,17,24H,4-5,12,15-16H2,1-3H3,(H,27,33)/t17-,24+/m1/s1. The van der Waals surface area contributed by atoms with E-state index in [2.05, 4.69) is 32.3 Å². The molecule has 1 aliphatic rings. The van der Waals surface area contributed by atoms with Crippen LogP contribution in [0.2, 0.25) is 0 Å². The Balaban J connectivity index is 1.58. The number of rotatable bonds is 7. The Morgan fingerprint density at radius 3 is 2.60 bits per heavy atom. The molecule has 1 fully saturated rings. The largest absolute Gasteiger partial charge is 0.497 e. The van der Waals surface area contributed by atoms with Crippen molar-refractivity contribution in [1.82, 2.24) is 30.1 Å². The molecule has 35 heavy (non-hydrogen) atoms. The summed E-state index contributed by atoms with van der Waals surface area (Å²) in [6.07, 6.45) is 2.24. The third-order valence-electron chi connectivity index (χ3n) is 6.73. The molecular formula is C26H30N6O3. The summed E-state index contributed by atoms with van der Waals surface area (Å²) < 4.78 is 12.4. The summed E-state index contributed by atoms with van der Waals surface area (Å²) >= 11 is 0. The van der Waals surface area contributed by atoms with Crippen molar-refractivity contribution in [2.24, 2.45) is 5.92 Å². The molecule has 2 aromatic carbocycles. The first-order valence-electron chi connectivity index (χ1n) is 11.9. The van der Waals surface area contributed by atoms with E-state index >= 15 is 0 Å². The zero-order valence-electron chi connectivity index (χ0n) is 20.3. The second-order valence-corrected chi connectivity index (χ2v) is 9.19. The van der Waals surface area contributed by atoms with E-state index in [-0.39, 0.29) is 11.6 Å². The molecule has 0 radical (unpaired) electrons. The van der Waals surface area contributed by atoms with Gasteiger partial charge in [-0.2, -0.15) is 0 Å². The molecule has 4 aromatic rings. The lowest BCUT2D eigenvalue weighted by Crippen LogP contribution is -2.41. The van der Waals surface area contributed by atoms with E-state index in [0.717, 1.165) is 41.7 Å². The quantitative estimate of drug-likeness (QED) is 0.438. The third-order valence-corrected chi connectivity index (χ3v) is 6.73. The molecule has 182 valence electrons. The molecule has 0 unspecified atom stereocenters. The van der Waals surface area contributed by atoms with Crippen LogP contribution in [-0.2, 0) is 6.54 Å². The van der Waals surface area contributed by atoms with Crippen molar-refractivity contribution >= 4 is 10.9 Å². The van der Waals surface area contributed by atoms with Gasteiger partial charge in [0.15, 0.2) is 5.82 Å². The minimum atomic E-state index is -0.360. The third kappa shape index (κ3) is 4.77. The van der Waals surface area contributed by atoms with Crippen LogP contribution in [0.25, 0.3) is 10.9 Å². The molecule has 1 N–H and O–H groups in total. The van der Waals surface area contributed by atoms with Crippen LogP contribution in [0.4, 0.5) is 0 Å². The first-order valence-corrected chi connectivity index (χ1v) is 11.9. The minimum absolute atomic E-state index is 0.145. The summed E-state index contributed by atoms with van der Waals surface area (Å²) in [6, 6.07) is 15.1. The summed E-state index contributed by atoms with van der Waals surface area (Å²) in [7, 11) is 3.26. The van der Waals surface area contributed by atoms with Gasteiger partial charge in [-0.3, -0.25) is 9.69 Å². The highest BCUT2D eigenvalue weighted by Gasteiger charge is 2.32. The van der Waals surface area contributed by atoms with Crippen LogP contribution < -0.4 is 15.0 Å². The van der Waals surface area contributed by atoms with Gasteiger partial charge in [0.1, 0.15) is 17.5 Å². The summed E-state index contributed by atoms with van der Waals surface area (Å²) in [6.45, 7) is 4.50. The molecule has 2 atom stereocenters. The van der Waals surface area contributed by atoms with Crippen LogP contribution in [0.1, 0.15) is 42.8 Å². The normalized spacial score (nSPS) is 17.4. The zero-order chi connectivity index (χ0) is 24.4. The number of likely N-dealkylation sites (tertiary alicyclic amines) is 1. The summed E-state index contributed by atoms with van der Waals surface area (Å²) in [4.78, 5) is 18.8. The van der Waals surface area contributed by atoms with Crippen molar-refractivity contribution in [3.63, 3.8) is 0 Å². The van der Waals surface area contributed by atoms with Crippen LogP contribution in [0.15, 0.2) is 53.3 Å². The van der Waals surface area contributed by atoms with Crippen LogP contribution in [-0.4, -0.2) is 57.4 Å². The highest BCUT2D eigenvalue weighted by atomic mass is 16.5. The smallest absolute Gasteiger partial charge is 0.253 e.